The van der Waals surface area contributed by atoms with Crippen molar-refractivity contribution >= 4 is 28.1 Å². The van der Waals surface area contributed by atoms with E-state index in [1.807, 2.05) is 0 Å². The molecule has 0 unspecified atom stereocenters. The number of alkyl halides is 3. The van der Waals surface area contributed by atoms with E-state index in [4.69, 9.17) is 0 Å². The van der Waals surface area contributed by atoms with E-state index in [1.54, 1.807) is 13.8 Å². The summed E-state index contributed by atoms with van der Waals surface area (Å²) in [5, 5.41) is 13.5. The van der Waals surface area contributed by atoms with Crippen molar-refractivity contribution in [2.24, 2.45) is 0 Å². The summed E-state index contributed by atoms with van der Waals surface area (Å²) in [4.78, 5) is 8.53. The highest BCUT2D eigenvalue weighted by atomic mass is 35.5. The first-order chi connectivity index (χ1) is 10.5. The van der Waals surface area contributed by atoms with Gasteiger partial charge < -0.3 is 5.32 Å². The summed E-state index contributed by atoms with van der Waals surface area (Å²) in [5.74, 6) is 0. The molecule has 0 saturated carbocycles. The lowest BCUT2D eigenvalue weighted by atomic mass is 10.2. The lowest BCUT2D eigenvalue weighted by molar-refractivity contribution is -0.385. The first kappa shape index (κ1) is 22.6. The maximum absolute atomic E-state index is 13.0. The molecule has 7 nitrogen and oxygen atoms in total. The van der Waals surface area contributed by atoms with Crippen molar-refractivity contribution in [3.05, 3.63) is 33.9 Å². The SMILES string of the molecule is CCN[C@H](C)CNS(=O)(=O)c1ccc([N+](=O)[O-])cc1C(F)(F)F.Cl. The van der Waals surface area contributed by atoms with Gasteiger partial charge >= 0.3 is 6.18 Å². The van der Waals surface area contributed by atoms with Crippen molar-refractivity contribution in [3.8, 4) is 0 Å². The fourth-order valence-electron chi connectivity index (χ4n) is 1.82. The average molecular weight is 392 g/mol. The van der Waals surface area contributed by atoms with E-state index in [0.717, 1.165) is 6.07 Å². The Hall–Kier alpha value is -1.43. The second kappa shape index (κ2) is 8.60. The molecule has 0 aliphatic rings. The van der Waals surface area contributed by atoms with Crippen LogP contribution in [0, 0.1) is 10.1 Å². The van der Waals surface area contributed by atoms with Gasteiger partial charge in [-0.25, -0.2) is 13.1 Å². The molecule has 0 bridgehead atoms. The Labute approximate surface area is 143 Å². The van der Waals surface area contributed by atoms with Gasteiger partial charge in [0.1, 0.15) is 0 Å². The number of nitrogens with zero attached hydrogens (tertiary/aromatic N) is 1. The largest absolute Gasteiger partial charge is 0.417 e. The van der Waals surface area contributed by atoms with Crippen molar-refractivity contribution in [2.45, 2.75) is 31.0 Å². The minimum Gasteiger partial charge on any atom is -0.313 e. The van der Waals surface area contributed by atoms with E-state index in [-0.39, 0.29) is 31.1 Å². The van der Waals surface area contributed by atoms with Gasteiger partial charge in [-0.3, -0.25) is 10.1 Å². The van der Waals surface area contributed by atoms with Crippen LogP contribution >= 0.6 is 12.4 Å². The molecule has 0 spiro atoms. The van der Waals surface area contributed by atoms with Crippen molar-refractivity contribution in [3.63, 3.8) is 0 Å². The van der Waals surface area contributed by atoms with Crippen LogP contribution in [0.15, 0.2) is 23.1 Å². The van der Waals surface area contributed by atoms with E-state index < -0.39 is 37.3 Å². The van der Waals surface area contributed by atoms with Crippen molar-refractivity contribution in [1.82, 2.24) is 10.0 Å². The molecule has 0 fully saturated rings. The normalized spacial score (nSPS) is 13.2. The summed E-state index contributed by atoms with van der Waals surface area (Å²) in [7, 11) is -4.46. The van der Waals surface area contributed by atoms with Crippen LogP contribution in [0.25, 0.3) is 0 Å². The van der Waals surface area contributed by atoms with Crippen molar-refractivity contribution in [1.29, 1.82) is 0 Å². The molecule has 24 heavy (non-hydrogen) atoms. The van der Waals surface area contributed by atoms with Gasteiger partial charge in [0.2, 0.25) is 10.0 Å². The summed E-state index contributed by atoms with van der Waals surface area (Å²) in [6.45, 7) is 3.90. The maximum atomic E-state index is 13.0. The van der Waals surface area contributed by atoms with E-state index in [2.05, 4.69) is 10.0 Å². The van der Waals surface area contributed by atoms with E-state index in [0.29, 0.717) is 12.6 Å². The lowest BCUT2D eigenvalue weighted by Crippen LogP contribution is -2.39. The van der Waals surface area contributed by atoms with Gasteiger partial charge in [-0.2, -0.15) is 13.2 Å². The molecule has 12 heteroatoms. The number of nitro groups is 1. The van der Waals surface area contributed by atoms with Gasteiger partial charge in [0.05, 0.1) is 15.4 Å². The molecule has 0 saturated heterocycles. The second-order valence-corrected chi connectivity index (χ2v) is 6.48. The third-order valence-corrected chi connectivity index (χ3v) is 4.38. The highest BCUT2D eigenvalue weighted by Crippen LogP contribution is 2.36. The van der Waals surface area contributed by atoms with Crippen LogP contribution < -0.4 is 10.0 Å². The predicted molar refractivity (Wildman–Crippen MR) is 83.7 cm³/mol. The van der Waals surface area contributed by atoms with Crippen LogP contribution in [0.3, 0.4) is 0 Å². The third-order valence-electron chi connectivity index (χ3n) is 2.90. The Morgan fingerprint density at radius 3 is 2.38 bits per heavy atom. The zero-order chi connectivity index (χ0) is 17.8. The molecule has 1 rings (SSSR count). The first-order valence-electron chi connectivity index (χ1n) is 6.57. The summed E-state index contributed by atoms with van der Waals surface area (Å²) in [5.41, 5.74) is -2.41. The zero-order valence-corrected chi connectivity index (χ0v) is 14.4. The molecule has 0 radical (unpaired) electrons. The predicted octanol–water partition coefficient (Wildman–Crippen LogP) is 2.31. The quantitative estimate of drug-likeness (QED) is 0.548. The molecule has 0 heterocycles. The molecule has 1 aromatic rings. The highest BCUT2D eigenvalue weighted by molar-refractivity contribution is 7.89. The van der Waals surface area contributed by atoms with Gasteiger partial charge in [-0.15, -0.1) is 12.4 Å². The summed E-state index contributed by atoms with van der Waals surface area (Å²) >= 11 is 0. The molecular weight excluding hydrogens is 375 g/mol. The monoisotopic (exact) mass is 391 g/mol. The molecule has 2 N–H and O–H groups in total. The van der Waals surface area contributed by atoms with Crippen LogP contribution in [0.1, 0.15) is 19.4 Å². The van der Waals surface area contributed by atoms with Crippen molar-refractivity contribution in [2.75, 3.05) is 13.1 Å². The van der Waals surface area contributed by atoms with Crippen LogP contribution in [0.4, 0.5) is 18.9 Å². The minimum atomic E-state index is -5.04. The fourth-order valence-corrected chi connectivity index (χ4v) is 3.16. The van der Waals surface area contributed by atoms with Crippen LogP contribution in [0.2, 0.25) is 0 Å². The standard InChI is InChI=1S/C12H16F3N3O4S.ClH/c1-3-16-8(2)7-17-23(21,22)11-5-4-9(18(19)20)6-10(11)12(13,14)15;/h4-6,8,16-17H,3,7H2,1-2H3;1H/t8-;/m1./s1. The minimum absolute atomic E-state index is 0. The number of sulfonamides is 1. The average Bonchev–Trinajstić information content (AvgIpc) is 2.44. The van der Waals surface area contributed by atoms with E-state index in [9.17, 15) is 31.7 Å². The Balaban J connectivity index is 0.00000529. The number of nitrogens with one attached hydrogen (secondary N) is 2. The molecule has 1 aromatic carbocycles. The van der Waals surface area contributed by atoms with Gasteiger partial charge in [-0.1, -0.05) is 6.92 Å². The van der Waals surface area contributed by atoms with Crippen molar-refractivity contribution < 1.29 is 26.5 Å². The Morgan fingerprint density at radius 2 is 1.92 bits per heavy atom. The van der Waals surface area contributed by atoms with Crippen LogP contribution in [0.5, 0.6) is 0 Å². The molecule has 0 aromatic heterocycles. The smallest absolute Gasteiger partial charge is 0.313 e. The highest BCUT2D eigenvalue weighted by Gasteiger charge is 2.38. The van der Waals surface area contributed by atoms with Gasteiger partial charge in [0.25, 0.3) is 5.69 Å². The molecule has 138 valence electrons. The zero-order valence-electron chi connectivity index (χ0n) is 12.8. The van der Waals surface area contributed by atoms with E-state index in [1.165, 1.54) is 0 Å². The Kier molecular flexibility index (Phi) is 8.09. The summed E-state index contributed by atoms with van der Waals surface area (Å²) < 4.78 is 65.3. The van der Waals surface area contributed by atoms with E-state index >= 15 is 0 Å². The Morgan fingerprint density at radius 1 is 1.33 bits per heavy atom. The van der Waals surface area contributed by atoms with Gasteiger partial charge in [0.15, 0.2) is 0 Å². The number of hydrogen-bond donors (Lipinski definition) is 2. The fraction of sp³-hybridized carbons (Fsp3) is 0.500. The summed E-state index contributed by atoms with van der Waals surface area (Å²) in [6.07, 6.45) is -5.04. The van der Waals surface area contributed by atoms with Crippen LogP contribution in [-0.2, 0) is 16.2 Å². The lowest BCUT2D eigenvalue weighted by Gasteiger charge is -2.16. The molecule has 0 aliphatic carbocycles. The number of rotatable bonds is 7. The number of likely N-dealkylation sites (N-methyl/N-ethyl adjacent to an activating group) is 1. The number of non-ortho nitro benzene ring substituents is 1. The number of nitro benzene ring substituents is 1. The first-order valence-corrected chi connectivity index (χ1v) is 8.06. The molecule has 1 atom stereocenters. The third kappa shape index (κ3) is 5.89. The molecule has 0 amide bonds. The Bertz CT molecular complexity index is 683. The number of benzene rings is 1. The summed E-state index contributed by atoms with van der Waals surface area (Å²) in [6, 6.07) is 1.23. The molecule has 0 aliphatic heterocycles. The number of halogens is 4. The topological polar surface area (TPSA) is 101 Å². The van der Waals surface area contributed by atoms with Gasteiger partial charge in [-0.05, 0) is 19.5 Å². The van der Waals surface area contributed by atoms with Gasteiger partial charge in [0, 0.05) is 24.7 Å². The van der Waals surface area contributed by atoms with Crippen LogP contribution in [-0.4, -0.2) is 32.5 Å². The molecular formula is C12H17ClF3N3O4S. The second-order valence-electron chi connectivity index (χ2n) is 4.75. The maximum Gasteiger partial charge on any atom is 0.417 e. The number of hydrogen-bond acceptors (Lipinski definition) is 5.